The molecule has 17 heavy (non-hydrogen) atoms. The molecule has 1 heterocycles. The Morgan fingerprint density at radius 2 is 2.29 bits per heavy atom. The molecule has 2 rings (SSSR count). The van der Waals surface area contributed by atoms with Gasteiger partial charge >= 0.3 is 0 Å². The van der Waals surface area contributed by atoms with Gasteiger partial charge < -0.3 is 4.74 Å². The molecule has 1 aliphatic rings. The minimum Gasteiger partial charge on any atom is -0.501 e. The first-order valence-corrected chi connectivity index (χ1v) is 6.13. The summed E-state index contributed by atoms with van der Waals surface area (Å²) in [6.45, 7) is 2.77. The van der Waals surface area contributed by atoms with Crippen molar-refractivity contribution in [2.75, 3.05) is 6.61 Å². The Morgan fingerprint density at radius 3 is 2.88 bits per heavy atom. The Balaban J connectivity index is 2.28. The molecule has 1 unspecified atom stereocenters. The van der Waals surface area contributed by atoms with Crippen LogP contribution < -0.4 is 11.3 Å². The van der Waals surface area contributed by atoms with Gasteiger partial charge in [-0.05, 0) is 42.5 Å². The molecule has 4 heteroatoms. The number of halogens is 1. The summed E-state index contributed by atoms with van der Waals surface area (Å²) in [5.41, 5.74) is 6.13. The lowest BCUT2D eigenvalue weighted by molar-refractivity contribution is 0.219. The number of nitrogens with one attached hydrogen (secondary N) is 1. The summed E-state index contributed by atoms with van der Waals surface area (Å²) in [5.74, 6) is 5.63. The second-order valence-electron chi connectivity index (χ2n) is 4.28. The molecule has 0 aromatic heterocycles. The second kappa shape index (κ2) is 5.54. The van der Waals surface area contributed by atoms with Crippen LogP contribution in [-0.2, 0) is 4.74 Å². The Hall–Kier alpha value is -1.03. The molecular formula is C13H17ClN2O. The quantitative estimate of drug-likeness (QED) is 0.642. The molecule has 0 aliphatic carbocycles. The van der Waals surface area contributed by atoms with Gasteiger partial charge in [-0.1, -0.05) is 23.7 Å². The Labute approximate surface area is 107 Å². The summed E-state index contributed by atoms with van der Waals surface area (Å²) in [6.07, 6.45) is 3.84. The van der Waals surface area contributed by atoms with Gasteiger partial charge in [0.15, 0.2) is 0 Å². The molecular weight excluding hydrogens is 236 g/mol. The Morgan fingerprint density at radius 1 is 1.47 bits per heavy atom. The third-order valence-electron chi connectivity index (χ3n) is 3.03. The highest BCUT2D eigenvalue weighted by Gasteiger charge is 2.18. The van der Waals surface area contributed by atoms with Gasteiger partial charge in [-0.2, -0.15) is 0 Å². The van der Waals surface area contributed by atoms with Crippen LogP contribution in [0.4, 0.5) is 0 Å². The number of hydrogen-bond acceptors (Lipinski definition) is 3. The Kier molecular flexibility index (Phi) is 4.05. The van der Waals surface area contributed by atoms with E-state index < -0.39 is 0 Å². The molecule has 0 radical (unpaired) electrons. The molecule has 0 saturated carbocycles. The molecule has 1 atom stereocenters. The molecule has 0 amide bonds. The molecule has 0 bridgehead atoms. The summed E-state index contributed by atoms with van der Waals surface area (Å²) >= 11 is 6.13. The molecule has 0 saturated heterocycles. The summed E-state index contributed by atoms with van der Waals surface area (Å²) in [6, 6.07) is 5.98. The van der Waals surface area contributed by atoms with Crippen LogP contribution in [0.5, 0.6) is 0 Å². The zero-order valence-corrected chi connectivity index (χ0v) is 10.6. The first-order chi connectivity index (χ1) is 8.22. The van der Waals surface area contributed by atoms with Crippen LogP contribution in [0.1, 0.15) is 30.0 Å². The number of benzene rings is 1. The molecule has 3 nitrogen and oxygen atoms in total. The van der Waals surface area contributed by atoms with Gasteiger partial charge in [0.1, 0.15) is 0 Å². The van der Waals surface area contributed by atoms with Crippen molar-refractivity contribution in [2.24, 2.45) is 5.84 Å². The SMILES string of the molecule is Cc1ccc(C(NN)C2=COCCC2)cc1Cl. The largest absolute Gasteiger partial charge is 0.501 e. The normalized spacial score (nSPS) is 17.2. The molecule has 0 fully saturated rings. The van der Waals surface area contributed by atoms with Gasteiger partial charge in [-0.25, -0.2) is 5.43 Å². The third kappa shape index (κ3) is 2.80. The van der Waals surface area contributed by atoms with Crippen molar-refractivity contribution >= 4 is 11.6 Å². The van der Waals surface area contributed by atoms with Crippen molar-refractivity contribution in [3.63, 3.8) is 0 Å². The number of nitrogens with two attached hydrogens (primary N) is 1. The minimum atomic E-state index is -0.0200. The van der Waals surface area contributed by atoms with Gasteiger partial charge in [0.2, 0.25) is 0 Å². The average molecular weight is 253 g/mol. The standard InChI is InChI=1S/C13H17ClN2O/c1-9-4-5-10(7-12(9)14)13(16-15)11-3-2-6-17-8-11/h4-5,7-8,13,16H,2-3,6,15H2,1H3. The molecule has 3 N–H and O–H groups in total. The van der Waals surface area contributed by atoms with E-state index in [1.165, 1.54) is 5.57 Å². The molecule has 1 aliphatic heterocycles. The average Bonchev–Trinajstić information content (AvgIpc) is 2.36. The highest BCUT2D eigenvalue weighted by Crippen LogP contribution is 2.29. The summed E-state index contributed by atoms with van der Waals surface area (Å²) in [4.78, 5) is 0. The number of aryl methyl sites for hydroxylation is 1. The van der Waals surface area contributed by atoms with Gasteiger partial charge in [-0.3, -0.25) is 5.84 Å². The van der Waals surface area contributed by atoms with Crippen LogP contribution in [0, 0.1) is 6.92 Å². The van der Waals surface area contributed by atoms with Crippen LogP contribution in [0.15, 0.2) is 30.0 Å². The van der Waals surface area contributed by atoms with E-state index in [0.29, 0.717) is 0 Å². The van der Waals surface area contributed by atoms with E-state index in [-0.39, 0.29) is 6.04 Å². The van der Waals surface area contributed by atoms with E-state index in [9.17, 15) is 0 Å². The van der Waals surface area contributed by atoms with E-state index in [4.69, 9.17) is 22.2 Å². The van der Waals surface area contributed by atoms with Crippen LogP contribution >= 0.6 is 11.6 Å². The zero-order valence-electron chi connectivity index (χ0n) is 9.87. The lowest BCUT2D eigenvalue weighted by Gasteiger charge is -2.23. The maximum Gasteiger partial charge on any atom is 0.0876 e. The van der Waals surface area contributed by atoms with Crippen LogP contribution in [0.2, 0.25) is 5.02 Å². The topological polar surface area (TPSA) is 47.3 Å². The fourth-order valence-electron chi connectivity index (χ4n) is 2.00. The van der Waals surface area contributed by atoms with Gasteiger partial charge in [0.05, 0.1) is 18.9 Å². The highest BCUT2D eigenvalue weighted by atomic mass is 35.5. The van der Waals surface area contributed by atoms with Crippen molar-refractivity contribution in [1.82, 2.24) is 5.43 Å². The van der Waals surface area contributed by atoms with E-state index in [1.54, 1.807) is 0 Å². The number of rotatable bonds is 3. The van der Waals surface area contributed by atoms with E-state index in [2.05, 4.69) is 5.43 Å². The molecule has 1 aromatic carbocycles. The van der Waals surface area contributed by atoms with Crippen molar-refractivity contribution in [3.05, 3.63) is 46.2 Å². The molecule has 1 aromatic rings. The highest BCUT2D eigenvalue weighted by molar-refractivity contribution is 6.31. The first kappa shape index (κ1) is 12.4. The lowest BCUT2D eigenvalue weighted by Crippen LogP contribution is -2.30. The van der Waals surface area contributed by atoms with Crippen molar-refractivity contribution < 1.29 is 4.74 Å². The smallest absolute Gasteiger partial charge is 0.0876 e. The zero-order chi connectivity index (χ0) is 12.3. The van der Waals surface area contributed by atoms with E-state index in [0.717, 1.165) is 35.6 Å². The predicted molar refractivity (Wildman–Crippen MR) is 69.5 cm³/mol. The monoisotopic (exact) mass is 252 g/mol. The number of hydrogen-bond donors (Lipinski definition) is 2. The predicted octanol–water partition coefficient (Wildman–Crippen LogP) is 2.85. The number of hydrazine groups is 1. The van der Waals surface area contributed by atoms with E-state index in [1.807, 2.05) is 31.4 Å². The molecule has 0 spiro atoms. The van der Waals surface area contributed by atoms with Crippen molar-refractivity contribution in [2.45, 2.75) is 25.8 Å². The van der Waals surface area contributed by atoms with Crippen LogP contribution in [0.3, 0.4) is 0 Å². The summed E-state index contributed by atoms with van der Waals surface area (Å²) in [7, 11) is 0. The fourth-order valence-corrected chi connectivity index (χ4v) is 2.19. The summed E-state index contributed by atoms with van der Waals surface area (Å²) < 4.78 is 5.35. The van der Waals surface area contributed by atoms with Gasteiger partial charge in [-0.15, -0.1) is 0 Å². The van der Waals surface area contributed by atoms with Gasteiger partial charge in [0, 0.05) is 5.02 Å². The second-order valence-corrected chi connectivity index (χ2v) is 4.68. The maximum atomic E-state index is 6.13. The fraction of sp³-hybridized carbons (Fsp3) is 0.385. The van der Waals surface area contributed by atoms with Gasteiger partial charge in [0.25, 0.3) is 0 Å². The third-order valence-corrected chi connectivity index (χ3v) is 3.44. The first-order valence-electron chi connectivity index (χ1n) is 5.75. The Bertz CT molecular complexity index is 431. The summed E-state index contributed by atoms with van der Waals surface area (Å²) in [5, 5.41) is 0.764. The maximum absolute atomic E-state index is 6.13. The van der Waals surface area contributed by atoms with Crippen molar-refractivity contribution in [1.29, 1.82) is 0 Å². The molecule has 92 valence electrons. The minimum absolute atomic E-state index is 0.0200. The van der Waals surface area contributed by atoms with Crippen molar-refractivity contribution in [3.8, 4) is 0 Å². The lowest BCUT2D eigenvalue weighted by atomic mass is 9.95. The van der Waals surface area contributed by atoms with Crippen LogP contribution in [-0.4, -0.2) is 6.61 Å². The van der Waals surface area contributed by atoms with Crippen LogP contribution in [0.25, 0.3) is 0 Å². The number of ether oxygens (including phenoxy) is 1. The van der Waals surface area contributed by atoms with E-state index >= 15 is 0 Å².